The van der Waals surface area contributed by atoms with E-state index in [1.165, 1.54) is 0 Å². The maximum Gasteiger partial charge on any atom is 0.225 e. The minimum atomic E-state index is -0.261. The van der Waals surface area contributed by atoms with E-state index in [0.717, 1.165) is 36.8 Å². The Bertz CT molecular complexity index is 987. The molecule has 1 aliphatic carbocycles. The molecule has 1 N–H and O–H groups in total. The second-order valence-electron chi connectivity index (χ2n) is 9.61. The number of amides is 2. The molecule has 0 bridgehead atoms. The van der Waals surface area contributed by atoms with Crippen molar-refractivity contribution in [1.82, 2.24) is 10.2 Å². The van der Waals surface area contributed by atoms with Gasteiger partial charge in [-0.25, -0.2) is 0 Å². The number of hydrogen-bond donors (Lipinski definition) is 1. The van der Waals surface area contributed by atoms with Crippen molar-refractivity contribution in [2.45, 2.75) is 51.0 Å². The lowest BCUT2D eigenvalue weighted by atomic mass is 9.83. The van der Waals surface area contributed by atoms with Gasteiger partial charge in [0.1, 0.15) is 0 Å². The number of nitrogens with zero attached hydrogens (tertiary/aromatic N) is 1. The van der Waals surface area contributed by atoms with Gasteiger partial charge >= 0.3 is 0 Å². The van der Waals surface area contributed by atoms with E-state index in [1.807, 2.05) is 60.4 Å². The van der Waals surface area contributed by atoms with Crippen molar-refractivity contribution >= 4 is 11.8 Å². The van der Waals surface area contributed by atoms with E-state index in [-0.39, 0.29) is 35.6 Å². The summed E-state index contributed by atoms with van der Waals surface area (Å²) >= 11 is 0. The Labute approximate surface area is 202 Å². The third-order valence-corrected chi connectivity index (χ3v) is 7.37. The van der Waals surface area contributed by atoms with Crippen LogP contribution in [0.4, 0.5) is 0 Å². The zero-order chi connectivity index (χ0) is 24.1. The third-order valence-electron chi connectivity index (χ3n) is 7.37. The summed E-state index contributed by atoms with van der Waals surface area (Å²) in [6, 6.07) is 15.8. The smallest absolute Gasteiger partial charge is 0.225 e. The molecule has 2 aliphatic rings. The highest BCUT2D eigenvalue weighted by atomic mass is 16.5. The summed E-state index contributed by atoms with van der Waals surface area (Å²) in [6.07, 6.45) is 4.83. The molecule has 1 saturated heterocycles. The van der Waals surface area contributed by atoms with Crippen molar-refractivity contribution in [2.24, 2.45) is 11.8 Å². The van der Waals surface area contributed by atoms with Gasteiger partial charge in [0.15, 0.2) is 11.5 Å². The Morgan fingerprint density at radius 3 is 2.32 bits per heavy atom. The maximum absolute atomic E-state index is 13.4. The number of rotatable bonds is 7. The zero-order valence-corrected chi connectivity index (χ0v) is 20.5. The number of piperidine rings is 1. The summed E-state index contributed by atoms with van der Waals surface area (Å²) in [5.41, 5.74) is 2.14. The monoisotopic (exact) mass is 464 g/mol. The van der Waals surface area contributed by atoms with E-state index in [4.69, 9.17) is 9.47 Å². The molecule has 6 heteroatoms. The molecule has 1 saturated carbocycles. The first kappa shape index (κ1) is 24.1. The van der Waals surface area contributed by atoms with Crippen LogP contribution >= 0.6 is 0 Å². The second kappa shape index (κ2) is 10.9. The molecule has 1 aliphatic heterocycles. The molecule has 3 unspecified atom stereocenters. The van der Waals surface area contributed by atoms with Crippen LogP contribution in [0.2, 0.25) is 0 Å². The van der Waals surface area contributed by atoms with Crippen LogP contribution in [0, 0.1) is 11.8 Å². The first-order chi connectivity index (χ1) is 16.5. The molecule has 2 amide bonds. The van der Waals surface area contributed by atoms with Crippen molar-refractivity contribution < 1.29 is 19.1 Å². The molecule has 4 rings (SSSR count). The molecular weight excluding hydrogens is 428 g/mol. The Morgan fingerprint density at radius 2 is 1.65 bits per heavy atom. The van der Waals surface area contributed by atoms with E-state index in [1.54, 1.807) is 14.2 Å². The van der Waals surface area contributed by atoms with Gasteiger partial charge in [0.2, 0.25) is 11.8 Å². The van der Waals surface area contributed by atoms with E-state index < -0.39 is 0 Å². The predicted molar refractivity (Wildman–Crippen MR) is 132 cm³/mol. The lowest BCUT2D eigenvalue weighted by Crippen LogP contribution is -2.49. The highest BCUT2D eigenvalue weighted by molar-refractivity contribution is 5.83. The largest absolute Gasteiger partial charge is 0.493 e. The summed E-state index contributed by atoms with van der Waals surface area (Å²) in [5, 5.41) is 3.19. The number of methoxy groups -OCH3 is 2. The van der Waals surface area contributed by atoms with Crippen molar-refractivity contribution in [3.8, 4) is 11.5 Å². The highest BCUT2D eigenvalue weighted by Crippen LogP contribution is 2.37. The second-order valence-corrected chi connectivity index (χ2v) is 9.61. The quantitative estimate of drug-likeness (QED) is 0.645. The average molecular weight is 465 g/mol. The number of likely N-dealkylation sites (tertiary alicyclic amines) is 1. The molecule has 182 valence electrons. The zero-order valence-electron chi connectivity index (χ0n) is 20.5. The number of benzene rings is 2. The first-order valence-corrected chi connectivity index (χ1v) is 12.4. The van der Waals surface area contributed by atoms with Crippen LogP contribution in [-0.4, -0.2) is 44.0 Å². The first-order valence-electron chi connectivity index (χ1n) is 12.4. The summed E-state index contributed by atoms with van der Waals surface area (Å²) < 4.78 is 10.9. The Hall–Kier alpha value is -3.02. The van der Waals surface area contributed by atoms with Gasteiger partial charge in [0.05, 0.1) is 26.2 Å². The lowest BCUT2D eigenvalue weighted by molar-refractivity contribution is -0.139. The molecule has 0 radical (unpaired) electrons. The normalized spacial score (nSPS) is 21.7. The molecule has 2 aromatic carbocycles. The van der Waals surface area contributed by atoms with Crippen LogP contribution in [0.15, 0.2) is 48.5 Å². The van der Waals surface area contributed by atoms with Gasteiger partial charge in [-0.05, 0) is 49.4 Å². The fraction of sp³-hybridized carbons (Fsp3) is 0.500. The Kier molecular flexibility index (Phi) is 7.76. The van der Waals surface area contributed by atoms with Gasteiger partial charge in [-0.2, -0.15) is 0 Å². The van der Waals surface area contributed by atoms with Crippen molar-refractivity contribution in [3.63, 3.8) is 0 Å². The van der Waals surface area contributed by atoms with Gasteiger partial charge in [0, 0.05) is 24.9 Å². The summed E-state index contributed by atoms with van der Waals surface area (Å²) in [5.74, 6) is 1.44. The van der Waals surface area contributed by atoms with E-state index in [9.17, 15) is 9.59 Å². The van der Waals surface area contributed by atoms with Gasteiger partial charge in [-0.3, -0.25) is 9.59 Å². The van der Waals surface area contributed by atoms with Crippen LogP contribution in [0.5, 0.6) is 11.5 Å². The van der Waals surface area contributed by atoms with Crippen LogP contribution in [0.25, 0.3) is 0 Å². The summed E-state index contributed by atoms with van der Waals surface area (Å²) in [6.45, 7) is 3.11. The van der Waals surface area contributed by atoms with Crippen molar-refractivity contribution in [1.29, 1.82) is 0 Å². The SMILES string of the molecule is COc1ccc(C2CC(C(=O)NC(C)c3ccccc3)CN(C(=O)C3CCCC3)C2)cc1OC. The van der Waals surface area contributed by atoms with Crippen molar-refractivity contribution in [3.05, 3.63) is 59.7 Å². The van der Waals surface area contributed by atoms with Crippen LogP contribution in [0.1, 0.15) is 62.1 Å². The number of carbonyl (C=O) groups is 2. The topological polar surface area (TPSA) is 67.9 Å². The van der Waals surface area contributed by atoms with Gasteiger partial charge in [-0.15, -0.1) is 0 Å². The maximum atomic E-state index is 13.4. The van der Waals surface area contributed by atoms with E-state index in [0.29, 0.717) is 31.0 Å². The molecular formula is C28H36N2O4. The molecule has 2 aromatic rings. The van der Waals surface area contributed by atoms with Crippen molar-refractivity contribution in [2.75, 3.05) is 27.3 Å². The molecule has 1 heterocycles. The number of carbonyl (C=O) groups excluding carboxylic acids is 2. The fourth-order valence-corrected chi connectivity index (χ4v) is 5.40. The minimum Gasteiger partial charge on any atom is -0.493 e. The van der Waals surface area contributed by atoms with Crippen LogP contribution in [-0.2, 0) is 9.59 Å². The van der Waals surface area contributed by atoms with Gasteiger partial charge in [-0.1, -0.05) is 49.2 Å². The molecule has 3 atom stereocenters. The van der Waals surface area contributed by atoms with E-state index >= 15 is 0 Å². The lowest BCUT2D eigenvalue weighted by Gasteiger charge is -2.39. The Balaban J connectivity index is 1.55. The molecule has 34 heavy (non-hydrogen) atoms. The standard InChI is InChI=1S/C28H36N2O4/c1-19(20-9-5-4-6-10-20)29-27(31)24-15-23(22-13-14-25(33-2)26(16-22)34-3)17-30(18-24)28(32)21-11-7-8-12-21/h4-6,9-10,13-14,16,19,21,23-24H,7-8,11-12,15,17-18H2,1-3H3,(H,29,31). The average Bonchev–Trinajstić information content (AvgIpc) is 3.43. The number of ether oxygens (including phenoxy) is 2. The predicted octanol–water partition coefficient (Wildman–Crippen LogP) is 4.70. The molecule has 0 spiro atoms. The molecule has 2 fully saturated rings. The van der Waals surface area contributed by atoms with Crippen LogP contribution < -0.4 is 14.8 Å². The Morgan fingerprint density at radius 1 is 0.941 bits per heavy atom. The minimum absolute atomic E-state index is 0.00533. The fourth-order valence-electron chi connectivity index (χ4n) is 5.40. The third kappa shape index (κ3) is 5.37. The molecule has 0 aromatic heterocycles. The highest BCUT2D eigenvalue weighted by Gasteiger charge is 2.37. The molecule has 6 nitrogen and oxygen atoms in total. The van der Waals surface area contributed by atoms with Gasteiger partial charge in [0.25, 0.3) is 0 Å². The number of nitrogens with one attached hydrogen (secondary N) is 1. The summed E-state index contributed by atoms with van der Waals surface area (Å²) in [7, 11) is 3.24. The van der Waals surface area contributed by atoms with E-state index in [2.05, 4.69) is 5.32 Å². The summed E-state index contributed by atoms with van der Waals surface area (Å²) in [4.78, 5) is 28.7. The van der Waals surface area contributed by atoms with Crippen LogP contribution in [0.3, 0.4) is 0 Å². The van der Waals surface area contributed by atoms with Gasteiger partial charge < -0.3 is 19.7 Å². The number of hydrogen-bond acceptors (Lipinski definition) is 4.